The number of carboxylic acids is 1. The second-order valence-electron chi connectivity index (χ2n) is 5.14. The van der Waals surface area contributed by atoms with E-state index >= 15 is 0 Å². The Labute approximate surface area is 117 Å². The van der Waals surface area contributed by atoms with E-state index in [1.54, 1.807) is 7.11 Å². The van der Waals surface area contributed by atoms with Crippen LogP contribution in [0.1, 0.15) is 37.7 Å². The molecule has 0 atom stereocenters. The van der Waals surface area contributed by atoms with E-state index in [9.17, 15) is 9.59 Å². The lowest BCUT2D eigenvalue weighted by Crippen LogP contribution is -2.44. The molecule has 0 saturated heterocycles. The van der Waals surface area contributed by atoms with Gasteiger partial charge in [0.15, 0.2) is 0 Å². The molecule has 0 aromatic heterocycles. The lowest BCUT2D eigenvalue weighted by atomic mass is 9.87. The first kappa shape index (κ1) is 14.4. The number of rotatable bonds is 5. The zero-order chi connectivity index (χ0) is 14.6. The van der Waals surface area contributed by atoms with Crippen LogP contribution in [-0.2, 0) is 15.1 Å². The molecule has 0 unspecified atom stereocenters. The Hall–Kier alpha value is -2.04. The van der Waals surface area contributed by atoms with Crippen molar-refractivity contribution in [3.05, 3.63) is 29.8 Å². The summed E-state index contributed by atoms with van der Waals surface area (Å²) in [5.74, 6) is -0.815. The average molecular weight is 277 g/mol. The second kappa shape index (κ2) is 5.94. The standard InChI is InChI=1S/C15H19NO4/c1-20-12-6-4-5-11(9-12)15(7-2-3-8-15)16-13(17)10-14(18)19/h4-6,9H,2-3,7-8,10H2,1H3,(H,16,17)(H,18,19). The van der Waals surface area contributed by atoms with Crippen molar-refractivity contribution in [1.82, 2.24) is 5.32 Å². The second-order valence-corrected chi connectivity index (χ2v) is 5.14. The first-order valence-electron chi connectivity index (χ1n) is 6.73. The topological polar surface area (TPSA) is 75.6 Å². The van der Waals surface area contributed by atoms with E-state index in [1.165, 1.54) is 0 Å². The van der Waals surface area contributed by atoms with Gasteiger partial charge in [0.05, 0.1) is 12.6 Å². The number of ether oxygens (including phenoxy) is 1. The molecule has 20 heavy (non-hydrogen) atoms. The van der Waals surface area contributed by atoms with Crippen molar-refractivity contribution < 1.29 is 19.4 Å². The van der Waals surface area contributed by atoms with Crippen LogP contribution < -0.4 is 10.1 Å². The summed E-state index contributed by atoms with van der Waals surface area (Å²) in [6.45, 7) is 0. The summed E-state index contributed by atoms with van der Waals surface area (Å²) < 4.78 is 5.22. The van der Waals surface area contributed by atoms with Crippen LogP contribution in [0.2, 0.25) is 0 Å². The molecular formula is C15H19NO4. The van der Waals surface area contributed by atoms with Gasteiger partial charge in [-0.3, -0.25) is 9.59 Å². The van der Waals surface area contributed by atoms with Crippen LogP contribution in [0, 0.1) is 0 Å². The molecule has 0 bridgehead atoms. The van der Waals surface area contributed by atoms with Crippen molar-refractivity contribution >= 4 is 11.9 Å². The lowest BCUT2D eigenvalue weighted by molar-refractivity contribution is -0.141. The Bertz CT molecular complexity index is 506. The van der Waals surface area contributed by atoms with Crippen molar-refractivity contribution in [3.63, 3.8) is 0 Å². The van der Waals surface area contributed by atoms with Gasteiger partial charge in [-0.2, -0.15) is 0 Å². The Morgan fingerprint density at radius 1 is 1.35 bits per heavy atom. The predicted molar refractivity (Wildman–Crippen MR) is 73.5 cm³/mol. The number of methoxy groups -OCH3 is 1. The van der Waals surface area contributed by atoms with Gasteiger partial charge in [0.1, 0.15) is 12.2 Å². The normalized spacial score (nSPS) is 16.6. The van der Waals surface area contributed by atoms with Gasteiger partial charge >= 0.3 is 5.97 Å². The maximum atomic E-state index is 11.8. The minimum atomic E-state index is -1.11. The van der Waals surface area contributed by atoms with Gasteiger partial charge < -0.3 is 15.2 Å². The Kier molecular flexibility index (Phi) is 4.27. The summed E-state index contributed by atoms with van der Waals surface area (Å²) in [4.78, 5) is 22.5. The van der Waals surface area contributed by atoms with Gasteiger partial charge in [-0.05, 0) is 30.5 Å². The molecule has 1 fully saturated rings. The molecule has 0 radical (unpaired) electrons. The van der Waals surface area contributed by atoms with Crippen LogP contribution in [0.4, 0.5) is 0 Å². The molecule has 1 aromatic carbocycles. The van der Waals surface area contributed by atoms with Gasteiger partial charge in [0.2, 0.25) is 5.91 Å². The van der Waals surface area contributed by atoms with E-state index in [2.05, 4.69) is 5.32 Å². The smallest absolute Gasteiger partial charge is 0.312 e. The van der Waals surface area contributed by atoms with E-state index in [0.717, 1.165) is 37.0 Å². The molecule has 1 saturated carbocycles. The zero-order valence-electron chi connectivity index (χ0n) is 11.5. The molecule has 1 aliphatic rings. The predicted octanol–water partition coefficient (Wildman–Crippen LogP) is 2.06. The monoisotopic (exact) mass is 277 g/mol. The number of carbonyl (C=O) groups excluding carboxylic acids is 1. The van der Waals surface area contributed by atoms with E-state index in [-0.39, 0.29) is 0 Å². The summed E-state index contributed by atoms with van der Waals surface area (Å²) >= 11 is 0. The highest BCUT2D eigenvalue weighted by molar-refractivity contribution is 5.93. The number of hydrogen-bond acceptors (Lipinski definition) is 3. The number of nitrogens with one attached hydrogen (secondary N) is 1. The lowest BCUT2D eigenvalue weighted by Gasteiger charge is -2.31. The summed E-state index contributed by atoms with van der Waals surface area (Å²) in [6, 6.07) is 7.60. The number of carbonyl (C=O) groups is 2. The molecule has 5 nitrogen and oxygen atoms in total. The summed E-state index contributed by atoms with van der Waals surface area (Å²) in [7, 11) is 1.60. The number of aliphatic carboxylic acids is 1. The summed E-state index contributed by atoms with van der Waals surface area (Å²) in [5, 5.41) is 11.6. The fourth-order valence-electron chi connectivity index (χ4n) is 2.83. The van der Waals surface area contributed by atoms with Crippen LogP contribution in [0.3, 0.4) is 0 Å². The van der Waals surface area contributed by atoms with Crippen LogP contribution in [0.5, 0.6) is 5.75 Å². The molecule has 0 spiro atoms. The van der Waals surface area contributed by atoms with Crippen molar-refractivity contribution in [2.45, 2.75) is 37.6 Å². The molecule has 1 aromatic rings. The highest BCUT2D eigenvalue weighted by Crippen LogP contribution is 2.39. The third-order valence-electron chi connectivity index (χ3n) is 3.77. The number of amides is 1. The molecule has 5 heteroatoms. The minimum absolute atomic E-state index is 0.442. The van der Waals surface area contributed by atoms with E-state index < -0.39 is 23.8 Å². The quantitative estimate of drug-likeness (QED) is 0.808. The van der Waals surface area contributed by atoms with E-state index in [1.807, 2.05) is 24.3 Å². The van der Waals surface area contributed by atoms with E-state index in [0.29, 0.717) is 0 Å². The zero-order valence-corrected chi connectivity index (χ0v) is 11.5. The van der Waals surface area contributed by atoms with Gasteiger partial charge in [-0.15, -0.1) is 0 Å². The van der Waals surface area contributed by atoms with Crippen LogP contribution in [0.15, 0.2) is 24.3 Å². The van der Waals surface area contributed by atoms with Gasteiger partial charge in [0, 0.05) is 0 Å². The maximum Gasteiger partial charge on any atom is 0.312 e. The fraction of sp³-hybridized carbons (Fsp3) is 0.467. The van der Waals surface area contributed by atoms with Crippen LogP contribution >= 0.6 is 0 Å². The first-order valence-corrected chi connectivity index (χ1v) is 6.73. The highest BCUT2D eigenvalue weighted by Gasteiger charge is 2.37. The summed E-state index contributed by atoms with van der Waals surface area (Å²) in [6.07, 6.45) is 3.19. The maximum absolute atomic E-state index is 11.8. The molecule has 1 amide bonds. The first-order chi connectivity index (χ1) is 9.55. The van der Waals surface area contributed by atoms with Crippen molar-refractivity contribution in [3.8, 4) is 5.75 Å². The SMILES string of the molecule is COc1cccc(C2(NC(=O)CC(=O)O)CCCC2)c1. The van der Waals surface area contributed by atoms with Gasteiger partial charge in [-0.25, -0.2) is 0 Å². The molecule has 2 N–H and O–H groups in total. The molecule has 0 aliphatic heterocycles. The van der Waals surface area contributed by atoms with Crippen LogP contribution in [0.25, 0.3) is 0 Å². The molecule has 0 heterocycles. The number of hydrogen-bond donors (Lipinski definition) is 2. The van der Waals surface area contributed by atoms with E-state index in [4.69, 9.17) is 9.84 Å². The summed E-state index contributed by atoms with van der Waals surface area (Å²) in [5.41, 5.74) is 0.522. The average Bonchev–Trinajstić information content (AvgIpc) is 2.87. The number of carboxylic acid groups (broad SMARTS) is 1. The molecule has 1 aliphatic carbocycles. The molecule has 2 rings (SSSR count). The number of benzene rings is 1. The Morgan fingerprint density at radius 2 is 2.05 bits per heavy atom. The van der Waals surface area contributed by atoms with Crippen molar-refractivity contribution in [2.75, 3.05) is 7.11 Å². The fourth-order valence-corrected chi connectivity index (χ4v) is 2.83. The molecule has 108 valence electrons. The van der Waals surface area contributed by atoms with Crippen molar-refractivity contribution in [2.24, 2.45) is 0 Å². The van der Waals surface area contributed by atoms with Crippen LogP contribution in [-0.4, -0.2) is 24.1 Å². The van der Waals surface area contributed by atoms with Gasteiger partial charge in [-0.1, -0.05) is 25.0 Å². The van der Waals surface area contributed by atoms with Gasteiger partial charge in [0.25, 0.3) is 0 Å². The Morgan fingerprint density at radius 3 is 2.65 bits per heavy atom. The highest BCUT2D eigenvalue weighted by atomic mass is 16.5. The minimum Gasteiger partial charge on any atom is -0.497 e. The molecular weight excluding hydrogens is 258 g/mol. The Balaban J connectivity index is 2.24. The third-order valence-corrected chi connectivity index (χ3v) is 3.77. The van der Waals surface area contributed by atoms with Crippen molar-refractivity contribution in [1.29, 1.82) is 0 Å². The largest absolute Gasteiger partial charge is 0.497 e. The third kappa shape index (κ3) is 3.10.